The Balaban J connectivity index is 0.000000207. The summed E-state index contributed by atoms with van der Waals surface area (Å²) in [5.74, 6) is 5.94. The highest BCUT2D eigenvalue weighted by Crippen LogP contribution is 2.44. The van der Waals surface area contributed by atoms with E-state index in [1.54, 1.807) is 6.07 Å². The molecule has 0 heterocycles. The number of hydrogen-bond donors (Lipinski definition) is 6. The quantitative estimate of drug-likeness (QED) is 0.0216. The molecule has 0 bridgehead atoms. The van der Waals surface area contributed by atoms with E-state index in [1.807, 2.05) is 159 Å². The van der Waals surface area contributed by atoms with Gasteiger partial charge in [-0.2, -0.15) is 0 Å². The normalized spacial score (nSPS) is 11.0. The lowest BCUT2D eigenvalue weighted by atomic mass is 10.0. The van der Waals surface area contributed by atoms with Crippen molar-refractivity contribution >= 4 is 120 Å². The van der Waals surface area contributed by atoms with E-state index in [4.69, 9.17) is 40.0 Å². The van der Waals surface area contributed by atoms with Crippen molar-refractivity contribution in [2.45, 2.75) is 283 Å². The predicted molar refractivity (Wildman–Crippen MR) is 594 cm³/mol. The summed E-state index contributed by atoms with van der Waals surface area (Å²) in [6.45, 7) is 55.1. The fraction of sp³-hybridized carbons (Fsp3) is 0.350. The Morgan fingerprint density at radius 1 is 0.277 bits per heavy atom. The second kappa shape index (κ2) is 55.8. The van der Waals surface area contributed by atoms with Crippen LogP contribution in [0.3, 0.4) is 0 Å². The molecule has 141 heavy (non-hydrogen) atoms. The molecule has 18 nitrogen and oxygen atoms in total. The lowest BCUT2D eigenvalue weighted by Gasteiger charge is -2.17. The second-order valence-corrected chi connectivity index (χ2v) is 38.6. The fourth-order valence-electron chi connectivity index (χ4n) is 15.3. The molecule has 0 aromatic heterocycles. The molecular weight excluding hydrogens is 1960 g/mol. The van der Waals surface area contributed by atoms with E-state index >= 15 is 0 Å². The van der Waals surface area contributed by atoms with Crippen molar-refractivity contribution in [1.82, 2.24) is 0 Å². The van der Waals surface area contributed by atoms with Gasteiger partial charge in [0.2, 0.25) is 35.4 Å². The molecule has 12 aromatic rings. The maximum atomic E-state index is 11.9. The average molecular weight is 2110 g/mol. The average Bonchev–Trinajstić information content (AvgIpc) is 1.66. The zero-order valence-corrected chi connectivity index (χ0v) is 92.0. The summed E-state index contributed by atoms with van der Waals surface area (Å²) in [4.78, 5) is 70.4. The SMILES string of the molecule is CCC(=O)Nc1cccc(Br)c1COc1cc(C)c(C)cc1C.CCC(=O)Nc1cccc(C)c1COc1cc(C)c(C)cc1C.CCC(=O)Nc1cccc(C2CC2)c1COc1cc(C)c(C)cc1C.CCC(=O)Nc1cccc(CC)c1COc1cc(C)c(C)cc1C.CCC(=O)Nc1cccc(Cl)c1COc1cc(C)c(C)cc1C.CCC(=O)Nc1cccc(I)c1COc1cc(C)c(C)cc1C. The van der Waals surface area contributed by atoms with E-state index in [2.05, 4.69) is 267 Å². The van der Waals surface area contributed by atoms with Gasteiger partial charge in [-0.15, -0.1) is 0 Å². The summed E-state index contributed by atoms with van der Waals surface area (Å²) in [5, 5.41) is 18.3. The summed E-state index contributed by atoms with van der Waals surface area (Å²) in [5.41, 5.74) is 36.0. The number of anilines is 6. The Bertz CT molecular complexity index is 5900. The molecule has 0 atom stereocenters. The molecule has 6 N–H and O–H groups in total. The summed E-state index contributed by atoms with van der Waals surface area (Å²) in [6, 6.07) is 60.5. The Kier molecular flexibility index (Phi) is 45.1. The van der Waals surface area contributed by atoms with Gasteiger partial charge in [-0.25, -0.2) is 0 Å². The highest BCUT2D eigenvalue weighted by atomic mass is 127. The van der Waals surface area contributed by atoms with Gasteiger partial charge in [0, 0.05) is 119 Å². The third-order valence-corrected chi connectivity index (χ3v) is 27.3. The van der Waals surface area contributed by atoms with Gasteiger partial charge >= 0.3 is 0 Å². The Labute approximate surface area is 865 Å². The van der Waals surface area contributed by atoms with E-state index in [0.29, 0.717) is 94.8 Å². The number of benzene rings is 12. The number of aryl methyl sites for hydroxylation is 20. The maximum Gasteiger partial charge on any atom is 0.224 e. The number of carbonyl (C=O) groups is 6. The first-order chi connectivity index (χ1) is 67.1. The topological polar surface area (TPSA) is 230 Å². The van der Waals surface area contributed by atoms with Crippen molar-refractivity contribution in [2.24, 2.45) is 0 Å². The number of rotatable bonds is 32. The summed E-state index contributed by atoms with van der Waals surface area (Å²) in [6.07, 6.45) is 6.08. The standard InChI is InChI=1S/C22H27NO2.C21H27NO2.C20H25NO2.C19H22BrNO2.C19H22ClNO2.C19H22INO2/c1-5-22(24)23-20-8-6-7-18(17-9-10-17)19(20)13-25-21-12-15(3)14(2)11-16(21)4;1-6-17-9-8-10-19(22-21(23)7-2)18(17)13-24-20-12-15(4)14(3)11-16(20)5;1-6-20(22)21-18-9-7-8-13(2)17(18)12-23-19-11-15(4)14(3)10-16(19)5;3*1-5-19(22)21-17-8-6-7-16(20)15(17)11-23-18-10-13(3)12(2)9-14(18)4/h6-8,11-12,17H,5,9-10,13H2,1-4H3,(H,23,24);8-12H,6-7,13H2,1-5H3,(H,22,23);7-11H,6,12H2,1-5H3,(H,21,22);3*6-10H,5,11H2,1-4H3,(H,21,22). The lowest BCUT2D eigenvalue weighted by molar-refractivity contribution is -0.116. The number of carbonyl (C=O) groups excluding carboxylic acids is 6. The van der Waals surface area contributed by atoms with Crippen molar-refractivity contribution in [3.05, 3.63) is 345 Å². The van der Waals surface area contributed by atoms with Crippen LogP contribution in [0, 0.1) is 135 Å². The van der Waals surface area contributed by atoms with Crippen molar-refractivity contribution in [1.29, 1.82) is 0 Å². The number of ether oxygens (including phenoxy) is 6. The Hall–Kier alpha value is -12.2. The van der Waals surface area contributed by atoms with Gasteiger partial charge in [0.15, 0.2) is 0 Å². The van der Waals surface area contributed by atoms with Gasteiger partial charge in [0.1, 0.15) is 74.1 Å². The molecule has 1 fully saturated rings. The molecule has 1 aliphatic carbocycles. The molecule has 12 aromatic carbocycles. The first-order valence-electron chi connectivity index (χ1n) is 48.8. The smallest absolute Gasteiger partial charge is 0.224 e. The molecule has 1 saturated carbocycles. The van der Waals surface area contributed by atoms with E-state index in [-0.39, 0.29) is 35.4 Å². The van der Waals surface area contributed by atoms with Gasteiger partial charge in [0.05, 0.1) is 0 Å². The van der Waals surface area contributed by atoms with Crippen LogP contribution in [0.4, 0.5) is 34.1 Å². The Morgan fingerprint density at radius 3 is 0.851 bits per heavy atom. The van der Waals surface area contributed by atoms with Crippen LogP contribution in [-0.2, 0) is 74.8 Å². The van der Waals surface area contributed by atoms with Crippen LogP contribution in [0.25, 0.3) is 0 Å². The molecule has 0 radical (unpaired) electrons. The van der Waals surface area contributed by atoms with Crippen molar-refractivity contribution in [2.75, 3.05) is 31.9 Å². The third kappa shape index (κ3) is 34.3. The van der Waals surface area contributed by atoms with Gasteiger partial charge in [-0.1, -0.05) is 167 Å². The van der Waals surface area contributed by atoms with Gasteiger partial charge < -0.3 is 60.3 Å². The van der Waals surface area contributed by atoms with Crippen molar-refractivity contribution < 1.29 is 57.2 Å². The number of hydrogen-bond acceptors (Lipinski definition) is 12. The van der Waals surface area contributed by atoms with Crippen LogP contribution in [-0.4, -0.2) is 35.4 Å². The van der Waals surface area contributed by atoms with E-state index in [1.165, 1.54) is 90.7 Å². The molecule has 0 saturated heterocycles. The molecule has 1 aliphatic rings. The number of amides is 6. The van der Waals surface area contributed by atoms with Gasteiger partial charge in [0.25, 0.3) is 0 Å². The summed E-state index contributed by atoms with van der Waals surface area (Å²) in [7, 11) is 0. The molecule has 6 amide bonds. The molecule has 13 rings (SSSR count). The van der Waals surface area contributed by atoms with Gasteiger partial charge in [-0.3, -0.25) is 28.8 Å². The zero-order valence-electron chi connectivity index (χ0n) is 87.5. The number of nitrogens with one attached hydrogen (secondary N) is 6. The second-order valence-electron chi connectivity index (χ2n) is 36.2. The van der Waals surface area contributed by atoms with Crippen LogP contribution in [0.2, 0.25) is 5.02 Å². The summed E-state index contributed by atoms with van der Waals surface area (Å²) >= 11 is 12.1. The van der Waals surface area contributed by atoms with Crippen molar-refractivity contribution in [3.8, 4) is 34.5 Å². The molecular formula is C120H145BrClIN6O12. The van der Waals surface area contributed by atoms with E-state index in [9.17, 15) is 28.8 Å². The maximum absolute atomic E-state index is 11.9. The lowest BCUT2D eigenvalue weighted by Crippen LogP contribution is -2.13. The predicted octanol–water partition coefficient (Wildman–Crippen LogP) is 31.0. The molecule has 0 spiro atoms. The zero-order chi connectivity index (χ0) is 104. The van der Waals surface area contributed by atoms with Crippen LogP contribution in [0.15, 0.2) is 186 Å². The van der Waals surface area contributed by atoms with Crippen LogP contribution >= 0.6 is 50.1 Å². The van der Waals surface area contributed by atoms with Crippen LogP contribution in [0.1, 0.15) is 256 Å². The minimum absolute atomic E-state index is 0.00768. The first kappa shape index (κ1) is 114. The van der Waals surface area contributed by atoms with Crippen molar-refractivity contribution in [3.63, 3.8) is 0 Å². The summed E-state index contributed by atoms with van der Waals surface area (Å²) < 4.78 is 38.4. The highest BCUT2D eigenvalue weighted by Gasteiger charge is 2.28. The first-order valence-corrected chi connectivity index (χ1v) is 51.0. The minimum Gasteiger partial charge on any atom is -0.489 e. The molecule has 0 unspecified atom stereocenters. The minimum atomic E-state index is -0.0455. The molecule has 21 heteroatoms. The highest BCUT2D eigenvalue weighted by molar-refractivity contribution is 14.1. The van der Waals surface area contributed by atoms with Crippen LogP contribution in [0.5, 0.6) is 34.5 Å². The van der Waals surface area contributed by atoms with Gasteiger partial charge in [-0.05, 0) is 387 Å². The van der Waals surface area contributed by atoms with E-state index < -0.39 is 0 Å². The van der Waals surface area contributed by atoms with Crippen LogP contribution < -0.4 is 60.3 Å². The fourth-order valence-corrected chi connectivity index (χ4v) is 16.6. The third-order valence-electron chi connectivity index (χ3n) is 25.2. The van der Waals surface area contributed by atoms with E-state index in [0.717, 1.165) is 150 Å². The monoisotopic (exact) mass is 2100 g/mol. The largest absolute Gasteiger partial charge is 0.489 e. The Morgan fingerprint density at radius 2 is 0.518 bits per heavy atom. The molecule has 748 valence electrons. The molecule has 0 aliphatic heterocycles. The number of halogens is 3.